The lowest BCUT2D eigenvalue weighted by molar-refractivity contribution is 0.423. The minimum atomic E-state index is -0.0277. The summed E-state index contributed by atoms with van der Waals surface area (Å²) in [7, 11) is 0. The Morgan fingerprint density at radius 1 is 0.681 bits per heavy atom. The summed E-state index contributed by atoms with van der Waals surface area (Å²) in [6.45, 7) is 10.8. The van der Waals surface area contributed by atoms with Gasteiger partial charge in [0.15, 0.2) is 0 Å². The van der Waals surface area contributed by atoms with Gasteiger partial charge in [-0.05, 0) is 92.4 Å². The van der Waals surface area contributed by atoms with Crippen molar-refractivity contribution in [2.75, 3.05) is 4.90 Å². The Balaban J connectivity index is 1.29. The minimum Gasteiger partial charge on any atom is -0.335 e. The second kappa shape index (κ2) is 11.5. The van der Waals surface area contributed by atoms with Crippen molar-refractivity contribution in [3.8, 4) is 11.1 Å². The summed E-state index contributed by atoms with van der Waals surface area (Å²) < 4.78 is 5.02. The van der Waals surface area contributed by atoms with E-state index in [2.05, 4.69) is 164 Å². The first-order chi connectivity index (χ1) is 22.8. The number of allylic oxidation sites excluding steroid dienone is 1. The van der Waals surface area contributed by atoms with Crippen LogP contribution >= 0.6 is 24.0 Å². The third kappa shape index (κ3) is 4.95. The molecule has 230 valence electrons. The predicted molar refractivity (Wildman–Crippen MR) is 209 cm³/mol. The summed E-state index contributed by atoms with van der Waals surface area (Å²) >= 11 is 6.95. The lowest BCUT2D eigenvalue weighted by Crippen LogP contribution is -2.21. The van der Waals surface area contributed by atoms with Gasteiger partial charge >= 0.3 is 0 Å². The first kappa shape index (κ1) is 29.6. The van der Waals surface area contributed by atoms with E-state index in [4.69, 9.17) is 12.6 Å². The minimum absolute atomic E-state index is 0.0277. The Kier molecular flexibility index (Phi) is 7.24. The van der Waals surface area contributed by atoms with Gasteiger partial charge in [-0.15, -0.1) is 30.5 Å². The highest BCUT2D eigenvalue weighted by Gasteiger charge is 2.22. The van der Waals surface area contributed by atoms with E-state index in [1.165, 1.54) is 53.1 Å². The molecule has 0 spiro atoms. The number of hydrogen-bond donors (Lipinski definition) is 1. The van der Waals surface area contributed by atoms with Crippen LogP contribution in [0.2, 0.25) is 0 Å². The lowest BCUT2D eigenvalue weighted by atomic mass is 10.0. The molecule has 0 saturated carbocycles. The van der Waals surface area contributed by atoms with Crippen LogP contribution in [0.4, 0.5) is 17.1 Å². The van der Waals surface area contributed by atoms with Gasteiger partial charge in [-0.1, -0.05) is 84.9 Å². The predicted octanol–water partition coefficient (Wildman–Crippen LogP) is 13.1. The summed E-state index contributed by atoms with van der Waals surface area (Å²) in [5.74, 6) is 0. The number of thiol groups is 1. The summed E-state index contributed by atoms with van der Waals surface area (Å²) in [6.07, 6.45) is 2.71. The van der Waals surface area contributed by atoms with Gasteiger partial charge in [0.2, 0.25) is 0 Å². The van der Waals surface area contributed by atoms with Gasteiger partial charge in [-0.3, -0.25) is 0 Å². The van der Waals surface area contributed by atoms with Gasteiger partial charge in [-0.25, -0.2) is 0 Å². The summed E-state index contributed by atoms with van der Waals surface area (Å²) in [4.78, 5) is 3.34. The first-order valence-corrected chi connectivity index (χ1v) is 17.4. The van der Waals surface area contributed by atoms with Gasteiger partial charge in [-0.2, -0.15) is 0 Å². The van der Waals surface area contributed by atoms with Crippen molar-refractivity contribution in [2.24, 2.45) is 0 Å². The highest BCUT2D eigenvalue weighted by molar-refractivity contribution is 7.80. The second-order valence-corrected chi connectivity index (χ2v) is 14.7. The molecule has 2 nitrogen and oxygen atoms in total. The molecule has 0 aliphatic heterocycles. The van der Waals surface area contributed by atoms with Crippen LogP contribution in [0.15, 0.2) is 145 Å². The van der Waals surface area contributed by atoms with Crippen LogP contribution in [0.3, 0.4) is 0 Å². The third-order valence-corrected chi connectivity index (χ3v) is 10.9. The first-order valence-electron chi connectivity index (χ1n) is 16.1. The Morgan fingerprint density at radius 3 is 2.13 bits per heavy atom. The zero-order chi connectivity index (χ0) is 32.3. The van der Waals surface area contributed by atoms with Crippen molar-refractivity contribution >= 4 is 83.0 Å². The maximum atomic E-state index is 5.10. The molecule has 0 unspecified atom stereocenters. The van der Waals surface area contributed by atoms with Crippen molar-refractivity contribution in [3.63, 3.8) is 0 Å². The van der Waals surface area contributed by atoms with Crippen molar-refractivity contribution in [3.05, 3.63) is 146 Å². The molecular weight excluding hydrogens is 609 g/mol. The number of aromatic nitrogens is 1. The number of nitrogens with zero attached hydrogens (tertiary/aromatic N) is 2. The van der Waals surface area contributed by atoms with Crippen LogP contribution in [0.5, 0.6) is 0 Å². The van der Waals surface area contributed by atoms with Gasteiger partial charge < -0.3 is 9.47 Å². The van der Waals surface area contributed by atoms with Crippen molar-refractivity contribution in [2.45, 2.75) is 37.6 Å². The molecule has 0 aliphatic rings. The maximum absolute atomic E-state index is 5.10. The van der Waals surface area contributed by atoms with E-state index in [9.17, 15) is 0 Å². The van der Waals surface area contributed by atoms with Crippen LogP contribution in [0, 0.1) is 0 Å². The number of fused-ring (bicyclic) bond motifs is 6. The molecule has 8 rings (SSSR count). The Hall–Kier alpha value is -4.77. The molecule has 0 fully saturated rings. The molecule has 47 heavy (non-hydrogen) atoms. The zero-order valence-corrected chi connectivity index (χ0v) is 28.6. The zero-order valence-electron chi connectivity index (χ0n) is 26.9. The van der Waals surface area contributed by atoms with Gasteiger partial charge in [0.25, 0.3) is 0 Å². The fraction of sp³-hybridized carbons (Fsp3) is 0.116. The number of hydrogen-bond acceptors (Lipinski definition) is 3. The van der Waals surface area contributed by atoms with Crippen molar-refractivity contribution in [1.82, 2.24) is 4.57 Å². The molecule has 0 atom stereocenters. The number of thiophene rings is 1. The Morgan fingerprint density at radius 2 is 1.34 bits per heavy atom. The average molecular weight is 645 g/mol. The molecule has 6 aromatic carbocycles. The third-order valence-electron chi connectivity index (χ3n) is 9.13. The number of para-hydroxylation sites is 1. The van der Waals surface area contributed by atoms with Crippen LogP contribution < -0.4 is 4.90 Å². The molecular formula is C43H36N2S2. The lowest BCUT2D eigenvalue weighted by Gasteiger charge is -2.28. The number of benzene rings is 6. The molecule has 0 amide bonds. The largest absolute Gasteiger partial charge is 0.335 e. The molecule has 2 heterocycles. The number of anilines is 3. The molecule has 4 heteroatoms. The van der Waals surface area contributed by atoms with E-state index in [1.807, 2.05) is 17.4 Å². The number of rotatable bonds is 6. The normalized spacial score (nSPS) is 12.0. The average Bonchev–Trinajstić information content (AvgIpc) is 3.63. The molecule has 0 aliphatic carbocycles. The van der Waals surface area contributed by atoms with E-state index in [-0.39, 0.29) is 5.54 Å². The quantitative estimate of drug-likeness (QED) is 0.140. The van der Waals surface area contributed by atoms with E-state index in [1.54, 1.807) is 0 Å². The second-order valence-electron chi connectivity index (χ2n) is 13.2. The van der Waals surface area contributed by atoms with Crippen LogP contribution in [-0.2, 0) is 12.0 Å². The molecule has 8 aromatic rings. The van der Waals surface area contributed by atoms with E-state index in [0.717, 1.165) is 33.9 Å². The van der Waals surface area contributed by atoms with Gasteiger partial charge in [0, 0.05) is 53.4 Å². The monoisotopic (exact) mass is 644 g/mol. The highest BCUT2D eigenvalue weighted by atomic mass is 32.1. The topological polar surface area (TPSA) is 8.17 Å². The maximum Gasteiger partial charge on any atom is 0.0640 e. The Labute approximate surface area is 285 Å². The molecule has 0 bridgehead atoms. The molecule has 2 aromatic heterocycles. The fourth-order valence-electron chi connectivity index (χ4n) is 7.07. The summed E-state index contributed by atoms with van der Waals surface area (Å²) in [5, 5.41) is 5.14. The SMILES string of the molecule is C=CCc1cccc(N(c2ccc(-c3ccc4c(c3)c3ccccc3n4C(C)(C)C)cc2)c2cccc3c2sc2ccccc23)c1S. The van der Waals surface area contributed by atoms with E-state index in [0.29, 0.717) is 0 Å². The highest BCUT2D eigenvalue weighted by Crippen LogP contribution is 2.47. The van der Waals surface area contributed by atoms with Crippen LogP contribution in [0.25, 0.3) is 53.1 Å². The van der Waals surface area contributed by atoms with Gasteiger partial charge in [0.1, 0.15) is 0 Å². The summed E-state index contributed by atoms with van der Waals surface area (Å²) in [5.41, 5.74) is 9.37. The van der Waals surface area contributed by atoms with Crippen molar-refractivity contribution < 1.29 is 0 Å². The van der Waals surface area contributed by atoms with Crippen molar-refractivity contribution in [1.29, 1.82) is 0 Å². The van der Waals surface area contributed by atoms with Gasteiger partial charge in [0.05, 0.1) is 16.1 Å². The molecule has 0 radical (unpaired) electrons. The smallest absolute Gasteiger partial charge is 0.0640 e. The summed E-state index contributed by atoms with van der Waals surface area (Å²) in [6, 6.07) is 46.4. The van der Waals surface area contributed by atoms with E-state index < -0.39 is 0 Å². The standard InChI is InChI=1S/C43H36N2S2/c1-5-12-29-13-10-18-38(41(29)46)44(39-19-11-16-34-33-15-7-9-20-40(33)47-42(34)39)31-24-21-28(22-25-31)30-23-26-37-35(27-30)32-14-6-8-17-36(32)45(37)43(2,3)4/h5-11,13-27,46H,1,12H2,2-4H3. The molecule has 0 N–H and O–H groups in total. The van der Waals surface area contributed by atoms with Crippen LogP contribution in [0.1, 0.15) is 26.3 Å². The fourth-order valence-corrected chi connectivity index (χ4v) is 8.62. The van der Waals surface area contributed by atoms with Crippen LogP contribution in [-0.4, -0.2) is 4.57 Å². The molecule has 0 saturated heterocycles. The van der Waals surface area contributed by atoms with E-state index >= 15 is 0 Å². The Bertz CT molecular complexity index is 2460.